The van der Waals surface area contributed by atoms with Crippen molar-refractivity contribution in [3.63, 3.8) is 0 Å². The number of fused-ring (bicyclic) bond motifs is 2. The van der Waals surface area contributed by atoms with Gasteiger partial charge in [0.25, 0.3) is 5.56 Å². The molecular formula is C24H26FN5O2. The van der Waals surface area contributed by atoms with Crippen LogP contribution in [0.15, 0.2) is 47.3 Å². The lowest BCUT2D eigenvalue weighted by Gasteiger charge is -2.16. The van der Waals surface area contributed by atoms with E-state index >= 15 is 0 Å². The summed E-state index contributed by atoms with van der Waals surface area (Å²) < 4.78 is 15.2. The molecular weight excluding hydrogens is 409 g/mol. The number of carbonyl (C=O) groups excluding carboxylic acids is 1. The lowest BCUT2D eigenvalue weighted by Crippen LogP contribution is -2.32. The van der Waals surface area contributed by atoms with E-state index in [9.17, 15) is 14.0 Å². The molecule has 4 aromatic rings. The lowest BCUT2D eigenvalue weighted by atomic mass is 10.1. The number of nitrogens with one attached hydrogen (secondary N) is 2. The molecule has 4 rings (SSSR count). The number of anilines is 1. The van der Waals surface area contributed by atoms with E-state index in [4.69, 9.17) is 0 Å². The molecule has 0 atom stereocenters. The number of para-hydroxylation sites is 2. The maximum Gasteiger partial charge on any atom is 0.293 e. The predicted octanol–water partition coefficient (Wildman–Crippen LogP) is 3.14. The summed E-state index contributed by atoms with van der Waals surface area (Å²) >= 11 is 0. The third-order valence-electron chi connectivity index (χ3n) is 5.60. The zero-order valence-electron chi connectivity index (χ0n) is 18.4. The molecule has 2 aromatic carbocycles. The minimum absolute atomic E-state index is 0.145. The highest BCUT2D eigenvalue weighted by Crippen LogP contribution is 2.23. The van der Waals surface area contributed by atoms with Crippen molar-refractivity contribution < 1.29 is 9.18 Å². The van der Waals surface area contributed by atoms with Gasteiger partial charge < -0.3 is 19.8 Å². The average Bonchev–Trinajstić information content (AvgIpc) is 3.07. The topological polar surface area (TPSA) is 83.0 Å². The van der Waals surface area contributed by atoms with Crippen LogP contribution in [-0.2, 0) is 17.8 Å². The number of aromatic nitrogens is 3. The molecule has 0 aliphatic carbocycles. The van der Waals surface area contributed by atoms with E-state index in [0.717, 1.165) is 22.2 Å². The van der Waals surface area contributed by atoms with Gasteiger partial charge in [-0.25, -0.2) is 9.37 Å². The Morgan fingerprint density at radius 2 is 2.00 bits per heavy atom. The Hall–Kier alpha value is -3.68. The summed E-state index contributed by atoms with van der Waals surface area (Å²) in [6.07, 6.45) is 0.756. The molecule has 7 nitrogen and oxygen atoms in total. The van der Waals surface area contributed by atoms with Gasteiger partial charge in [-0.05, 0) is 49.2 Å². The van der Waals surface area contributed by atoms with Gasteiger partial charge >= 0.3 is 0 Å². The third kappa shape index (κ3) is 4.21. The van der Waals surface area contributed by atoms with Crippen molar-refractivity contribution in [1.82, 2.24) is 19.9 Å². The van der Waals surface area contributed by atoms with Crippen molar-refractivity contribution >= 4 is 33.7 Å². The van der Waals surface area contributed by atoms with E-state index in [1.807, 2.05) is 31.2 Å². The van der Waals surface area contributed by atoms with Crippen LogP contribution in [0.2, 0.25) is 0 Å². The summed E-state index contributed by atoms with van der Waals surface area (Å²) in [4.78, 5) is 34.8. The number of aromatic amines is 1. The van der Waals surface area contributed by atoms with Crippen molar-refractivity contribution in [3.05, 3.63) is 69.9 Å². The molecule has 0 saturated heterocycles. The standard InChI is InChI=1S/C24H26FN5O2/c1-15-17(18-14-16(25)8-9-19(18)27-15)10-12-26-22(31)11-13-30-21-7-5-4-6-20(21)28-23(24(30)32)29(2)3/h4-9,14,27H,10-13H2,1-3H3,(H,26,31). The predicted molar refractivity (Wildman–Crippen MR) is 125 cm³/mol. The number of amides is 1. The molecule has 2 N–H and O–H groups in total. The average molecular weight is 436 g/mol. The summed E-state index contributed by atoms with van der Waals surface area (Å²) in [5, 5.41) is 3.75. The zero-order chi connectivity index (χ0) is 22.8. The normalized spacial score (nSPS) is 11.2. The van der Waals surface area contributed by atoms with Gasteiger partial charge in [-0.1, -0.05) is 12.1 Å². The van der Waals surface area contributed by atoms with Crippen LogP contribution >= 0.6 is 0 Å². The van der Waals surface area contributed by atoms with Crippen LogP contribution < -0.4 is 15.8 Å². The van der Waals surface area contributed by atoms with Crippen molar-refractivity contribution in [2.24, 2.45) is 0 Å². The number of aryl methyl sites for hydroxylation is 2. The first kappa shape index (κ1) is 21.5. The summed E-state index contributed by atoms with van der Waals surface area (Å²) in [5.41, 5.74) is 4.02. The van der Waals surface area contributed by atoms with E-state index in [1.165, 1.54) is 12.1 Å². The first-order valence-corrected chi connectivity index (χ1v) is 10.6. The third-order valence-corrected chi connectivity index (χ3v) is 5.60. The van der Waals surface area contributed by atoms with Crippen LogP contribution in [0.25, 0.3) is 21.9 Å². The Labute approximate surface area is 184 Å². The lowest BCUT2D eigenvalue weighted by molar-refractivity contribution is -0.121. The molecule has 166 valence electrons. The fraction of sp³-hybridized carbons (Fsp3) is 0.292. The number of hydrogen-bond donors (Lipinski definition) is 2. The summed E-state index contributed by atoms with van der Waals surface area (Å²) in [7, 11) is 3.54. The van der Waals surface area contributed by atoms with Crippen LogP contribution in [0.1, 0.15) is 17.7 Å². The fourth-order valence-corrected chi connectivity index (χ4v) is 4.00. The summed E-state index contributed by atoms with van der Waals surface area (Å²) in [6, 6.07) is 12.1. The first-order valence-electron chi connectivity index (χ1n) is 10.6. The molecule has 0 spiro atoms. The molecule has 2 aromatic heterocycles. The van der Waals surface area contributed by atoms with Gasteiger partial charge in [-0.15, -0.1) is 0 Å². The second-order valence-corrected chi connectivity index (χ2v) is 8.04. The molecule has 1 amide bonds. The van der Waals surface area contributed by atoms with E-state index in [2.05, 4.69) is 15.3 Å². The number of hydrogen-bond acceptors (Lipinski definition) is 4. The van der Waals surface area contributed by atoms with Crippen molar-refractivity contribution in [1.29, 1.82) is 0 Å². The minimum atomic E-state index is -0.283. The molecule has 0 radical (unpaired) electrons. The largest absolute Gasteiger partial charge is 0.358 e. The molecule has 8 heteroatoms. The van der Waals surface area contributed by atoms with Crippen LogP contribution in [0.3, 0.4) is 0 Å². The highest BCUT2D eigenvalue weighted by molar-refractivity contribution is 5.85. The molecule has 0 unspecified atom stereocenters. The van der Waals surface area contributed by atoms with Crippen molar-refractivity contribution in [2.75, 3.05) is 25.5 Å². The number of H-pyrrole nitrogens is 1. The monoisotopic (exact) mass is 435 g/mol. The molecule has 0 saturated carbocycles. The molecule has 0 aliphatic rings. The van der Waals surface area contributed by atoms with Gasteiger partial charge in [0.05, 0.1) is 11.0 Å². The maximum atomic E-state index is 13.6. The number of rotatable bonds is 7. The minimum Gasteiger partial charge on any atom is -0.358 e. The van der Waals surface area contributed by atoms with Gasteiger partial charge in [0.2, 0.25) is 5.91 Å². The quantitative estimate of drug-likeness (QED) is 0.467. The zero-order valence-corrected chi connectivity index (χ0v) is 18.4. The smallest absolute Gasteiger partial charge is 0.293 e. The second kappa shape index (κ2) is 8.82. The Morgan fingerprint density at radius 3 is 2.78 bits per heavy atom. The summed E-state index contributed by atoms with van der Waals surface area (Å²) in [5.74, 6) is -0.0899. The van der Waals surface area contributed by atoms with Crippen molar-refractivity contribution in [3.8, 4) is 0 Å². The van der Waals surface area contributed by atoms with Crippen LogP contribution in [0.4, 0.5) is 10.2 Å². The van der Waals surface area contributed by atoms with Crippen LogP contribution in [-0.4, -0.2) is 41.1 Å². The van der Waals surface area contributed by atoms with E-state index in [-0.39, 0.29) is 30.2 Å². The number of benzene rings is 2. The van der Waals surface area contributed by atoms with Gasteiger partial charge in [-0.2, -0.15) is 0 Å². The fourth-order valence-electron chi connectivity index (χ4n) is 4.00. The van der Waals surface area contributed by atoms with Crippen molar-refractivity contribution in [2.45, 2.75) is 26.3 Å². The highest BCUT2D eigenvalue weighted by atomic mass is 19.1. The van der Waals surface area contributed by atoms with Gasteiger partial charge in [0.15, 0.2) is 5.82 Å². The number of halogens is 1. The van der Waals surface area contributed by atoms with Gasteiger partial charge in [0, 0.05) is 50.2 Å². The number of carbonyl (C=O) groups is 1. The molecule has 0 aliphatic heterocycles. The van der Waals surface area contributed by atoms with Gasteiger partial charge in [0.1, 0.15) is 5.82 Å². The van der Waals surface area contributed by atoms with Crippen LogP contribution in [0, 0.1) is 12.7 Å². The SMILES string of the molecule is Cc1[nH]c2ccc(F)cc2c1CCNC(=O)CCn1c(=O)c(N(C)C)nc2ccccc21. The Balaban J connectivity index is 1.44. The molecule has 0 fully saturated rings. The van der Waals surface area contributed by atoms with Crippen LogP contribution in [0.5, 0.6) is 0 Å². The molecule has 2 heterocycles. The van der Waals surface area contributed by atoms with E-state index in [0.29, 0.717) is 29.8 Å². The maximum absolute atomic E-state index is 13.6. The first-order chi connectivity index (χ1) is 15.3. The summed E-state index contributed by atoms with van der Waals surface area (Å²) in [6.45, 7) is 2.63. The van der Waals surface area contributed by atoms with Gasteiger partial charge in [-0.3, -0.25) is 9.59 Å². The Morgan fingerprint density at radius 1 is 1.22 bits per heavy atom. The Kier molecular flexibility index (Phi) is 5.94. The van der Waals surface area contributed by atoms with E-state index in [1.54, 1.807) is 29.6 Å². The number of nitrogens with zero attached hydrogens (tertiary/aromatic N) is 3. The molecule has 0 bridgehead atoms. The second-order valence-electron chi connectivity index (χ2n) is 8.04. The Bertz CT molecular complexity index is 1360. The van der Waals surface area contributed by atoms with E-state index < -0.39 is 0 Å². The molecule has 32 heavy (non-hydrogen) atoms. The highest BCUT2D eigenvalue weighted by Gasteiger charge is 2.14.